The van der Waals surface area contributed by atoms with Crippen LogP contribution in [0.1, 0.15) is 11.4 Å². The largest absolute Gasteiger partial charge is 0.469 e. The molecule has 0 fully saturated rings. The average molecular weight is 171 g/mol. The third-order valence-electron chi connectivity index (χ3n) is 1.25. The average Bonchev–Trinajstić information content (AvgIpc) is 2.52. The van der Waals surface area contributed by atoms with Crippen molar-refractivity contribution in [2.24, 2.45) is 0 Å². The molecule has 3 nitrogen and oxygen atoms in total. The minimum atomic E-state index is -0.180. The van der Waals surface area contributed by atoms with Gasteiger partial charge in [-0.05, 0) is 0 Å². The van der Waals surface area contributed by atoms with Crippen molar-refractivity contribution in [1.29, 1.82) is 0 Å². The van der Waals surface area contributed by atoms with Crippen molar-refractivity contribution in [1.82, 2.24) is 4.98 Å². The summed E-state index contributed by atoms with van der Waals surface area (Å²) >= 11 is 1.56. The molecule has 0 aliphatic heterocycles. The lowest BCUT2D eigenvalue weighted by molar-refractivity contribution is -0.140. The summed E-state index contributed by atoms with van der Waals surface area (Å²) in [6.07, 6.45) is 2.84. The van der Waals surface area contributed by atoms with Gasteiger partial charge in [-0.15, -0.1) is 11.3 Å². The molecule has 0 aromatic carbocycles. The van der Waals surface area contributed by atoms with Crippen LogP contribution in [0.15, 0.2) is 11.6 Å². The van der Waals surface area contributed by atoms with Crippen LogP contribution in [0.5, 0.6) is 0 Å². The van der Waals surface area contributed by atoms with Crippen LogP contribution in [0.3, 0.4) is 0 Å². The summed E-state index contributed by atoms with van der Waals surface area (Å²) in [6, 6.07) is 0. The van der Waals surface area contributed by atoms with E-state index >= 15 is 0 Å². The zero-order valence-electron chi connectivity index (χ0n) is 6.24. The van der Waals surface area contributed by atoms with Crippen molar-refractivity contribution in [2.75, 3.05) is 7.11 Å². The molecule has 0 radical (unpaired) electrons. The van der Waals surface area contributed by atoms with E-state index in [2.05, 4.69) is 9.72 Å². The molecule has 0 N–H and O–H groups in total. The van der Waals surface area contributed by atoms with E-state index in [-0.39, 0.29) is 5.97 Å². The number of aryl methyl sites for hydroxylation is 1. The number of nitrogens with zero attached hydrogens (tertiary/aromatic N) is 1. The van der Waals surface area contributed by atoms with Crippen LogP contribution < -0.4 is 0 Å². The molecule has 60 valence electrons. The van der Waals surface area contributed by atoms with Crippen LogP contribution in [0.2, 0.25) is 0 Å². The van der Waals surface area contributed by atoms with Crippen molar-refractivity contribution in [3.63, 3.8) is 0 Å². The SMILES string of the molecule is COC(=O)CCc1nccs1. The molecule has 4 heteroatoms. The third kappa shape index (κ3) is 2.67. The van der Waals surface area contributed by atoms with Gasteiger partial charge in [-0.1, -0.05) is 0 Å². The van der Waals surface area contributed by atoms with Crippen LogP contribution in [0, 0.1) is 0 Å². The Labute approximate surface area is 69.0 Å². The lowest BCUT2D eigenvalue weighted by atomic mass is 10.3. The first kappa shape index (κ1) is 8.20. The Morgan fingerprint density at radius 1 is 1.82 bits per heavy atom. The van der Waals surface area contributed by atoms with Gasteiger partial charge >= 0.3 is 5.97 Å². The van der Waals surface area contributed by atoms with Gasteiger partial charge in [-0.25, -0.2) is 4.98 Å². The molecule has 11 heavy (non-hydrogen) atoms. The highest BCUT2D eigenvalue weighted by Crippen LogP contribution is 2.06. The fourth-order valence-electron chi connectivity index (χ4n) is 0.687. The summed E-state index contributed by atoms with van der Waals surface area (Å²) < 4.78 is 4.49. The van der Waals surface area contributed by atoms with Gasteiger partial charge in [0.25, 0.3) is 0 Å². The predicted octanol–water partition coefficient (Wildman–Crippen LogP) is 1.25. The monoisotopic (exact) mass is 171 g/mol. The van der Waals surface area contributed by atoms with Crippen LogP contribution in [0.4, 0.5) is 0 Å². The minimum Gasteiger partial charge on any atom is -0.469 e. The molecule has 1 aromatic rings. The standard InChI is InChI=1S/C7H9NO2S/c1-10-7(9)3-2-6-8-4-5-11-6/h4-5H,2-3H2,1H3. The first-order chi connectivity index (χ1) is 5.33. The number of carbonyl (C=O) groups is 1. The van der Waals surface area contributed by atoms with Crippen LogP contribution in [-0.4, -0.2) is 18.1 Å². The normalized spacial score (nSPS) is 9.55. The van der Waals surface area contributed by atoms with E-state index in [1.807, 2.05) is 5.38 Å². The summed E-state index contributed by atoms with van der Waals surface area (Å²) in [5.41, 5.74) is 0. The number of esters is 1. The van der Waals surface area contributed by atoms with E-state index in [9.17, 15) is 4.79 Å². The molecule has 0 saturated carbocycles. The molecule has 0 atom stereocenters. The van der Waals surface area contributed by atoms with Crippen molar-refractivity contribution < 1.29 is 9.53 Å². The molecule has 1 rings (SSSR count). The lowest BCUT2D eigenvalue weighted by Crippen LogP contribution is -2.01. The molecule has 0 saturated heterocycles. The summed E-state index contributed by atoms with van der Waals surface area (Å²) in [6.45, 7) is 0. The molecule has 0 aliphatic rings. The minimum absolute atomic E-state index is 0.180. The van der Waals surface area contributed by atoms with Gasteiger partial charge in [-0.3, -0.25) is 4.79 Å². The van der Waals surface area contributed by atoms with E-state index < -0.39 is 0 Å². The predicted molar refractivity (Wildman–Crippen MR) is 42.5 cm³/mol. The first-order valence-electron chi connectivity index (χ1n) is 3.28. The summed E-state index contributed by atoms with van der Waals surface area (Å²) in [5.74, 6) is -0.180. The summed E-state index contributed by atoms with van der Waals surface area (Å²) in [4.78, 5) is 14.7. The molecular formula is C7H9NO2S. The zero-order chi connectivity index (χ0) is 8.10. The number of rotatable bonds is 3. The maximum atomic E-state index is 10.7. The molecule has 0 spiro atoms. The van der Waals surface area contributed by atoms with E-state index in [1.54, 1.807) is 17.5 Å². The van der Waals surface area contributed by atoms with E-state index in [0.717, 1.165) is 5.01 Å². The topological polar surface area (TPSA) is 39.2 Å². The Balaban J connectivity index is 2.29. The first-order valence-corrected chi connectivity index (χ1v) is 4.16. The Kier molecular flexibility index (Phi) is 3.04. The number of carbonyl (C=O) groups excluding carboxylic acids is 1. The Bertz CT molecular complexity index is 220. The van der Waals surface area contributed by atoms with Crippen LogP contribution in [0.25, 0.3) is 0 Å². The highest BCUT2D eigenvalue weighted by molar-refractivity contribution is 7.09. The zero-order valence-corrected chi connectivity index (χ0v) is 7.06. The van der Waals surface area contributed by atoms with Crippen molar-refractivity contribution in [3.8, 4) is 0 Å². The van der Waals surface area contributed by atoms with Gasteiger partial charge in [-0.2, -0.15) is 0 Å². The Morgan fingerprint density at radius 3 is 3.18 bits per heavy atom. The molecular weight excluding hydrogens is 162 g/mol. The Morgan fingerprint density at radius 2 is 2.64 bits per heavy atom. The third-order valence-corrected chi connectivity index (χ3v) is 2.09. The molecule has 1 heterocycles. The number of aromatic nitrogens is 1. The number of hydrogen-bond acceptors (Lipinski definition) is 4. The highest BCUT2D eigenvalue weighted by atomic mass is 32.1. The maximum Gasteiger partial charge on any atom is 0.305 e. The smallest absolute Gasteiger partial charge is 0.305 e. The fourth-order valence-corrected chi connectivity index (χ4v) is 1.31. The van der Waals surface area contributed by atoms with Gasteiger partial charge < -0.3 is 4.74 Å². The number of thiazole rings is 1. The second kappa shape index (κ2) is 4.08. The van der Waals surface area contributed by atoms with Gasteiger partial charge in [0.15, 0.2) is 0 Å². The maximum absolute atomic E-state index is 10.7. The van der Waals surface area contributed by atoms with Gasteiger partial charge in [0.05, 0.1) is 18.5 Å². The highest BCUT2D eigenvalue weighted by Gasteiger charge is 2.01. The molecule has 0 unspecified atom stereocenters. The van der Waals surface area contributed by atoms with Gasteiger partial charge in [0.1, 0.15) is 0 Å². The quantitative estimate of drug-likeness (QED) is 0.642. The number of ether oxygens (including phenoxy) is 1. The van der Waals surface area contributed by atoms with Crippen molar-refractivity contribution in [3.05, 3.63) is 16.6 Å². The van der Waals surface area contributed by atoms with Crippen molar-refractivity contribution >= 4 is 17.3 Å². The summed E-state index contributed by atoms with van der Waals surface area (Å²) in [7, 11) is 1.39. The fraction of sp³-hybridized carbons (Fsp3) is 0.429. The van der Waals surface area contributed by atoms with Gasteiger partial charge in [0.2, 0.25) is 0 Å². The second-order valence-corrected chi connectivity index (χ2v) is 2.98. The van der Waals surface area contributed by atoms with Gasteiger partial charge in [0, 0.05) is 18.0 Å². The molecule has 1 aromatic heterocycles. The Hall–Kier alpha value is -0.900. The molecule has 0 aliphatic carbocycles. The van der Waals surface area contributed by atoms with E-state index in [0.29, 0.717) is 12.8 Å². The summed E-state index contributed by atoms with van der Waals surface area (Å²) in [5, 5.41) is 2.88. The number of methoxy groups -OCH3 is 1. The molecule has 0 amide bonds. The lowest BCUT2D eigenvalue weighted by Gasteiger charge is -1.94. The van der Waals surface area contributed by atoms with Crippen LogP contribution >= 0.6 is 11.3 Å². The second-order valence-electron chi connectivity index (χ2n) is 2.00. The van der Waals surface area contributed by atoms with Crippen molar-refractivity contribution in [2.45, 2.75) is 12.8 Å². The van der Waals surface area contributed by atoms with Crippen LogP contribution in [-0.2, 0) is 16.0 Å². The van der Waals surface area contributed by atoms with E-state index in [1.165, 1.54) is 7.11 Å². The van der Waals surface area contributed by atoms with E-state index in [4.69, 9.17) is 0 Å². The molecule has 0 bridgehead atoms. The number of hydrogen-bond donors (Lipinski definition) is 0.